The summed E-state index contributed by atoms with van der Waals surface area (Å²) in [6.07, 6.45) is 0. The van der Waals surface area contributed by atoms with Crippen LogP contribution in [0.3, 0.4) is 0 Å². The maximum Gasteiger partial charge on any atom is 0.0622 e. The van der Waals surface area contributed by atoms with Crippen molar-refractivity contribution in [3.05, 3.63) is 339 Å². The van der Waals surface area contributed by atoms with Crippen LogP contribution in [-0.2, 0) is 0 Å². The van der Waals surface area contributed by atoms with E-state index in [2.05, 4.69) is 370 Å². The van der Waals surface area contributed by atoms with E-state index in [4.69, 9.17) is 0 Å². The normalized spacial score (nSPS) is 11.8. The Morgan fingerprint density at radius 1 is 0.228 bits per heavy atom. The van der Waals surface area contributed by atoms with Gasteiger partial charge in [0.15, 0.2) is 0 Å². The van der Waals surface area contributed by atoms with Crippen molar-refractivity contribution in [3.63, 3.8) is 0 Å². The fourth-order valence-electron chi connectivity index (χ4n) is 15.2. The van der Waals surface area contributed by atoms with Crippen LogP contribution in [0, 0.1) is 13.8 Å². The van der Waals surface area contributed by atoms with Crippen LogP contribution < -0.4 is 19.6 Å². The van der Waals surface area contributed by atoms with Crippen molar-refractivity contribution in [3.8, 4) is 11.1 Å². The first-order chi connectivity index (χ1) is 45.6. The van der Waals surface area contributed by atoms with Crippen molar-refractivity contribution < 1.29 is 0 Å². The molecule has 0 aliphatic heterocycles. The Balaban J connectivity index is 0.787. The number of anilines is 12. The average molecular weight is 1180 g/mol. The lowest BCUT2D eigenvalue weighted by Gasteiger charge is -2.29. The Morgan fingerprint density at radius 2 is 0.522 bits per heavy atom. The van der Waals surface area contributed by atoms with E-state index in [9.17, 15) is 0 Å². The van der Waals surface area contributed by atoms with Crippen LogP contribution in [0.25, 0.3) is 87.3 Å². The molecule has 0 bridgehead atoms. The molecule has 14 aromatic carbocycles. The molecular weight excluding hydrogens is 1120 g/mol. The van der Waals surface area contributed by atoms with E-state index in [1.807, 2.05) is 0 Å². The number of hydrogen-bond donors (Lipinski definition) is 0. The van der Waals surface area contributed by atoms with Crippen LogP contribution in [0.1, 0.15) is 11.1 Å². The van der Waals surface area contributed by atoms with E-state index < -0.39 is 0 Å². The molecule has 18 rings (SSSR count). The maximum absolute atomic E-state index is 2.52. The third-order valence-electron chi connectivity index (χ3n) is 19.0. The fraction of sp³-hybridized carbons (Fsp3) is 0.0233. The quantitative estimate of drug-likeness (QED) is 0.115. The first-order valence-electron chi connectivity index (χ1n) is 31.7. The van der Waals surface area contributed by atoms with Gasteiger partial charge >= 0.3 is 0 Å². The lowest BCUT2D eigenvalue weighted by atomic mass is 9.96. The molecule has 6 nitrogen and oxygen atoms in total. The zero-order valence-electron chi connectivity index (χ0n) is 50.9. The van der Waals surface area contributed by atoms with E-state index in [1.165, 1.54) is 81.8 Å². The van der Waals surface area contributed by atoms with Crippen LogP contribution in [-0.4, -0.2) is 8.80 Å². The van der Waals surface area contributed by atoms with Gasteiger partial charge in [-0.2, -0.15) is 0 Å². The molecule has 0 saturated heterocycles. The number of rotatable bonds is 13. The number of para-hydroxylation sites is 8. The van der Waals surface area contributed by atoms with E-state index in [-0.39, 0.29) is 0 Å². The summed E-state index contributed by atoms with van der Waals surface area (Å²) in [7, 11) is 0. The average Bonchev–Trinajstić information content (AvgIpc) is 1.54. The number of nitrogens with zero attached hydrogens (tertiary/aromatic N) is 6. The van der Waals surface area contributed by atoms with Crippen LogP contribution >= 0.6 is 0 Å². The molecule has 4 heterocycles. The van der Waals surface area contributed by atoms with Crippen molar-refractivity contribution in [2.24, 2.45) is 0 Å². The molecule has 0 aliphatic rings. The topological polar surface area (TPSA) is 21.8 Å². The van der Waals surface area contributed by atoms with E-state index in [0.29, 0.717) is 0 Å². The zero-order valence-corrected chi connectivity index (χ0v) is 50.9. The molecule has 0 saturated carbocycles. The number of hydrogen-bond acceptors (Lipinski definition) is 4. The molecule has 0 amide bonds. The molecule has 0 unspecified atom stereocenters. The van der Waals surface area contributed by atoms with Gasteiger partial charge in [0.05, 0.1) is 55.8 Å². The molecule has 0 N–H and O–H groups in total. The first-order valence-corrected chi connectivity index (χ1v) is 31.7. The summed E-state index contributed by atoms with van der Waals surface area (Å²) in [5, 5.41) is 9.74. The minimum atomic E-state index is 1.07. The van der Waals surface area contributed by atoms with Crippen LogP contribution in [0.4, 0.5) is 68.2 Å². The predicted octanol–water partition coefficient (Wildman–Crippen LogP) is 24.1. The van der Waals surface area contributed by atoms with Gasteiger partial charge in [-0.3, -0.25) is 0 Å². The summed E-state index contributed by atoms with van der Waals surface area (Å²) < 4.78 is 5.03. The van der Waals surface area contributed by atoms with Crippen molar-refractivity contribution in [1.82, 2.24) is 8.80 Å². The highest BCUT2D eigenvalue weighted by Gasteiger charge is 2.29. The molecule has 18 aromatic rings. The van der Waals surface area contributed by atoms with Crippen LogP contribution in [0.5, 0.6) is 0 Å². The Morgan fingerprint density at radius 3 is 0.935 bits per heavy atom. The zero-order chi connectivity index (χ0) is 61.0. The second-order valence-electron chi connectivity index (χ2n) is 24.1. The summed E-state index contributed by atoms with van der Waals surface area (Å²) in [6.45, 7) is 4.50. The van der Waals surface area contributed by atoms with Crippen molar-refractivity contribution >= 4 is 144 Å². The van der Waals surface area contributed by atoms with Gasteiger partial charge in [0.25, 0.3) is 0 Å². The van der Waals surface area contributed by atoms with Gasteiger partial charge in [0, 0.05) is 88.6 Å². The summed E-state index contributed by atoms with van der Waals surface area (Å²) >= 11 is 0. The fourth-order valence-corrected chi connectivity index (χ4v) is 15.2. The summed E-state index contributed by atoms with van der Waals surface area (Å²) in [4.78, 5) is 9.78. The van der Waals surface area contributed by atoms with Crippen molar-refractivity contribution in [2.75, 3.05) is 19.6 Å². The molecule has 0 spiro atoms. The molecule has 0 radical (unpaired) electrons. The van der Waals surface area contributed by atoms with Crippen molar-refractivity contribution in [1.29, 1.82) is 0 Å². The molecule has 4 aromatic heterocycles. The Bertz CT molecular complexity index is 5760. The highest BCUT2D eigenvalue weighted by atomic mass is 15.2. The highest BCUT2D eigenvalue weighted by molar-refractivity contribution is 6.30. The summed E-state index contributed by atoms with van der Waals surface area (Å²) in [5.74, 6) is 0. The van der Waals surface area contributed by atoms with Gasteiger partial charge in [-0.1, -0.05) is 194 Å². The van der Waals surface area contributed by atoms with Gasteiger partial charge in [-0.05, 0) is 170 Å². The third kappa shape index (κ3) is 8.07. The molecular formula is C86H60N6. The number of benzene rings is 14. The number of aromatic nitrogens is 2. The van der Waals surface area contributed by atoms with Crippen LogP contribution in [0.2, 0.25) is 0 Å². The Hall–Kier alpha value is -12.1. The molecule has 92 heavy (non-hydrogen) atoms. The van der Waals surface area contributed by atoms with Gasteiger partial charge in [-0.25, -0.2) is 0 Å². The second kappa shape index (κ2) is 21.3. The molecule has 6 heteroatoms. The lowest BCUT2D eigenvalue weighted by Crippen LogP contribution is -2.12. The highest BCUT2D eigenvalue weighted by Crippen LogP contribution is 2.53. The standard InChI is InChI=1S/C86H60N6/c1-57-28-18-19-46-71(57)89(63-36-14-6-15-37-63)75-50-26-54-79-83(75)69-44-22-45-70-84-76(51-27-55-80(84)92(79)86(69)70)90(64-38-16-7-17-39-64)72-47-23-41-66(58(72)2)59-29-20-40-65(56-59)88(62-34-12-5-13-35-62)74-49-25-53-78-82(74)68-43-21-42-67-81-73(48-24-52-77(81)91(78)85(67)68)87(60-30-8-3-9-31-60)61-32-10-4-11-33-61/h3-56H,1-2H3. The van der Waals surface area contributed by atoms with Gasteiger partial charge < -0.3 is 28.4 Å². The molecule has 0 aliphatic carbocycles. The van der Waals surface area contributed by atoms with E-state index in [0.717, 1.165) is 84.9 Å². The van der Waals surface area contributed by atoms with E-state index >= 15 is 0 Å². The van der Waals surface area contributed by atoms with Gasteiger partial charge in [0.2, 0.25) is 0 Å². The Labute approximate surface area is 533 Å². The largest absolute Gasteiger partial charge is 0.310 e. The second-order valence-corrected chi connectivity index (χ2v) is 24.1. The maximum atomic E-state index is 2.52. The minimum absolute atomic E-state index is 1.07. The van der Waals surface area contributed by atoms with Gasteiger partial charge in [-0.15, -0.1) is 0 Å². The van der Waals surface area contributed by atoms with Crippen molar-refractivity contribution in [2.45, 2.75) is 13.8 Å². The first kappa shape index (κ1) is 53.0. The monoisotopic (exact) mass is 1180 g/mol. The Kier molecular flexibility index (Phi) is 12.3. The van der Waals surface area contributed by atoms with Gasteiger partial charge in [0.1, 0.15) is 0 Å². The SMILES string of the molecule is Cc1ccccc1N(c1ccccc1)c1cccc2c1c1cccc3c4c(N(c5ccccc5)c5cccc(-c6cccc(N(c7ccccc7)c7cccc8c7c7cccc9c%10c(N(c%11ccccc%11)c%11ccccc%11)cccc%10n8c97)c6)c5C)cccc4n2c13. The molecule has 0 atom stereocenters. The lowest BCUT2D eigenvalue weighted by molar-refractivity contribution is 1.26. The van der Waals surface area contributed by atoms with Crippen LogP contribution in [0.15, 0.2) is 328 Å². The third-order valence-corrected chi connectivity index (χ3v) is 19.0. The summed E-state index contributed by atoms with van der Waals surface area (Å²) in [6, 6.07) is 120. The van der Waals surface area contributed by atoms with E-state index in [1.54, 1.807) is 0 Å². The molecule has 434 valence electrons. The predicted molar refractivity (Wildman–Crippen MR) is 389 cm³/mol. The molecule has 0 fully saturated rings. The smallest absolute Gasteiger partial charge is 0.0622 e. The summed E-state index contributed by atoms with van der Waals surface area (Å²) in [5.41, 5.74) is 25.2. The minimum Gasteiger partial charge on any atom is -0.310 e. The number of aryl methyl sites for hydroxylation is 1. The number of fused-ring (bicyclic) bond motifs is 12.